The molecule has 7 nitrogen and oxygen atoms in total. The molecule has 3 rings (SSSR count). The zero-order valence-corrected chi connectivity index (χ0v) is 18.9. The summed E-state index contributed by atoms with van der Waals surface area (Å²) in [5, 5.41) is 0. The number of aromatic nitrogens is 1. The number of Topliss-reactive ketones (excluding diaryl/α,β-unsaturated/α-hetero) is 1. The highest BCUT2D eigenvalue weighted by molar-refractivity contribution is 6.04. The van der Waals surface area contributed by atoms with E-state index in [0.29, 0.717) is 34.8 Å². The standard InChI is InChI=1S/C24H32N2O5/c1-5-26-17(3)21(16(2)22(26)24(29)30-4)20(27)15-25(14-19-12-9-13-31-19)23(28)18-10-7-6-8-11-18/h9,12-13,18H,5-8,10-11,14-15H2,1-4H3. The van der Waals surface area contributed by atoms with Crippen molar-refractivity contribution < 1.29 is 23.5 Å². The molecule has 0 aromatic carbocycles. The van der Waals surface area contributed by atoms with Crippen molar-refractivity contribution >= 4 is 17.7 Å². The van der Waals surface area contributed by atoms with Crippen molar-refractivity contribution in [2.75, 3.05) is 13.7 Å². The molecule has 168 valence electrons. The molecule has 2 heterocycles. The Balaban J connectivity index is 1.90. The fourth-order valence-electron chi connectivity index (χ4n) is 4.72. The van der Waals surface area contributed by atoms with Crippen LogP contribution in [0.1, 0.15) is 76.9 Å². The van der Waals surface area contributed by atoms with E-state index >= 15 is 0 Å². The lowest BCUT2D eigenvalue weighted by Gasteiger charge is -2.28. The summed E-state index contributed by atoms with van der Waals surface area (Å²) in [5.74, 6) is -0.0467. The minimum Gasteiger partial charge on any atom is -0.467 e. The number of carbonyl (C=O) groups excluding carboxylic acids is 3. The van der Waals surface area contributed by atoms with Gasteiger partial charge in [-0.3, -0.25) is 9.59 Å². The van der Waals surface area contributed by atoms with Crippen LogP contribution >= 0.6 is 0 Å². The third-order valence-electron chi connectivity index (χ3n) is 6.27. The van der Waals surface area contributed by atoms with Crippen molar-refractivity contribution in [2.24, 2.45) is 5.92 Å². The maximum atomic E-state index is 13.4. The van der Waals surface area contributed by atoms with Crippen LogP contribution in [-0.4, -0.2) is 40.8 Å². The van der Waals surface area contributed by atoms with Crippen LogP contribution in [0.4, 0.5) is 0 Å². The molecule has 31 heavy (non-hydrogen) atoms. The van der Waals surface area contributed by atoms with E-state index in [4.69, 9.17) is 9.15 Å². The topological polar surface area (TPSA) is 81.8 Å². The molecule has 2 aromatic heterocycles. The van der Waals surface area contributed by atoms with Gasteiger partial charge in [0.25, 0.3) is 0 Å². The van der Waals surface area contributed by atoms with Gasteiger partial charge in [0.1, 0.15) is 11.5 Å². The maximum absolute atomic E-state index is 13.4. The Bertz CT molecular complexity index is 936. The second-order valence-electron chi connectivity index (χ2n) is 8.20. The van der Waals surface area contributed by atoms with Gasteiger partial charge in [-0.05, 0) is 51.3 Å². The molecule has 1 aliphatic rings. The summed E-state index contributed by atoms with van der Waals surface area (Å²) in [6.45, 7) is 6.26. The SMILES string of the molecule is CCn1c(C)c(C(=O)CN(Cc2ccco2)C(=O)C2CCCCC2)c(C)c1C(=O)OC. The maximum Gasteiger partial charge on any atom is 0.354 e. The molecule has 0 spiro atoms. The lowest BCUT2D eigenvalue weighted by molar-refractivity contribution is -0.137. The molecule has 2 aromatic rings. The number of carbonyl (C=O) groups is 3. The Morgan fingerprint density at radius 2 is 1.90 bits per heavy atom. The second-order valence-corrected chi connectivity index (χ2v) is 8.20. The molecular formula is C24H32N2O5. The van der Waals surface area contributed by atoms with Gasteiger partial charge in [0.05, 0.1) is 26.5 Å². The summed E-state index contributed by atoms with van der Waals surface area (Å²) in [6.07, 6.45) is 6.52. The number of furan rings is 1. The summed E-state index contributed by atoms with van der Waals surface area (Å²) in [4.78, 5) is 40.6. The van der Waals surface area contributed by atoms with Crippen LogP contribution in [0.2, 0.25) is 0 Å². The van der Waals surface area contributed by atoms with Gasteiger partial charge in [0.15, 0.2) is 5.78 Å². The van der Waals surface area contributed by atoms with Crippen LogP contribution < -0.4 is 0 Å². The fraction of sp³-hybridized carbons (Fsp3) is 0.542. The molecule has 0 aliphatic heterocycles. The van der Waals surface area contributed by atoms with Gasteiger partial charge < -0.3 is 18.6 Å². The Morgan fingerprint density at radius 1 is 1.19 bits per heavy atom. The van der Waals surface area contributed by atoms with Crippen molar-refractivity contribution in [3.05, 3.63) is 46.7 Å². The van der Waals surface area contributed by atoms with Crippen molar-refractivity contribution in [3.8, 4) is 0 Å². The first-order valence-electron chi connectivity index (χ1n) is 11.0. The molecular weight excluding hydrogens is 396 g/mol. The largest absolute Gasteiger partial charge is 0.467 e. The van der Waals surface area contributed by atoms with E-state index in [0.717, 1.165) is 32.1 Å². The first kappa shape index (κ1) is 22.8. The Kier molecular flexibility index (Phi) is 7.36. The zero-order chi connectivity index (χ0) is 22.5. The molecule has 1 amide bonds. The highest BCUT2D eigenvalue weighted by Crippen LogP contribution is 2.28. The number of nitrogens with zero attached hydrogens (tertiary/aromatic N) is 2. The minimum absolute atomic E-state index is 0.00266. The van der Waals surface area contributed by atoms with E-state index in [1.807, 2.05) is 19.9 Å². The highest BCUT2D eigenvalue weighted by Gasteiger charge is 2.31. The minimum atomic E-state index is -0.466. The first-order valence-corrected chi connectivity index (χ1v) is 11.0. The summed E-state index contributed by atoms with van der Waals surface area (Å²) in [5.41, 5.74) is 2.19. The van der Waals surface area contributed by atoms with Crippen LogP contribution in [0.3, 0.4) is 0 Å². The fourth-order valence-corrected chi connectivity index (χ4v) is 4.72. The Morgan fingerprint density at radius 3 is 2.48 bits per heavy atom. The first-order chi connectivity index (χ1) is 14.9. The second kappa shape index (κ2) is 9.98. The number of methoxy groups -OCH3 is 1. The van der Waals surface area contributed by atoms with E-state index in [1.54, 1.807) is 28.7 Å². The predicted molar refractivity (Wildman–Crippen MR) is 116 cm³/mol. The highest BCUT2D eigenvalue weighted by atomic mass is 16.5. The Labute approximate surface area is 183 Å². The average molecular weight is 429 g/mol. The van der Waals surface area contributed by atoms with Gasteiger partial charge >= 0.3 is 5.97 Å². The number of hydrogen-bond acceptors (Lipinski definition) is 5. The van der Waals surface area contributed by atoms with Crippen LogP contribution in [0.15, 0.2) is 22.8 Å². The smallest absolute Gasteiger partial charge is 0.354 e. The summed E-state index contributed by atoms with van der Waals surface area (Å²) >= 11 is 0. The number of ketones is 1. The average Bonchev–Trinajstić information content (AvgIpc) is 3.37. The van der Waals surface area contributed by atoms with Crippen LogP contribution in [0.25, 0.3) is 0 Å². The normalized spacial score (nSPS) is 14.5. The number of hydrogen-bond donors (Lipinski definition) is 0. The van der Waals surface area contributed by atoms with Gasteiger partial charge in [-0.1, -0.05) is 19.3 Å². The molecule has 0 bridgehead atoms. The van der Waals surface area contributed by atoms with Crippen LogP contribution in [0, 0.1) is 19.8 Å². The molecule has 1 fully saturated rings. The van der Waals surface area contributed by atoms with Gasteiger partial charge in [0.2, 0.25) is 5.91 Å². The Hall–Kier alpha value is -2.83. The van der Waals surface area contributed by atoms with Crippen molar-refractivity contribution in [1.82, 2.24) is 9.47 Å². The molecule has 1 aliphatic carbocycles. The van der Waals surface area contributed by atoms with E-state index in [-0.39, 0.29) is 30.7 Å². The van der Waals surface area contributed by atoms with E-state index in [1.165, 1.54) is 7.11 Å². The number of esters is 1. The molecule has 0 saturated heterocycles. The number of rotatable bonds is 8. The molecule has 0 unspecified atom stereocenters. The molecule has 1 saturated carbocycles. The van der Waals surface area contributed by atoms with Gasteiger partial charge in [-0.25, -0.2) is 4.79 Å². The van der Waals surface area contributed by atoms with Gasteiger partial charge in [0, 0.05) is 23.7 Å². The van der Waals surface area contributed by atoms with Crippen molar-refractivity contribution in [2.45, 2.75) is 66.0 Å². The molecule has 0 radical (unpaired) electrons. The molecule has 0 N–H and O–H groups in total. The van der Waals surface area contributed by atoms with Gasteiger partial charge in [-0.15, -0.1) is 0 Å². The predicted octanol–water partition coefficient (Wildman–Crippen LogP) is 4.30. The quantitative estimate of drug-likeness (QED) is 0.463. The number of ether oxygens (including phenoxy) is 1. The van der Waals surface area contributed by atoms with E-state index in [2.05, 4.69) is 0 Å². The van der Waals surface area contributed by atoms with Crippen LogP contribution in [-0.2, 0) is 22.6 Å². The molecule has 0 atom stereocenters. The third kappa shape index (κ3) is 4.75. The number of amides is 1. The van der Waals surface area contributed by atoms with Crippen molar-refractivity contribution in [3.63, 3.8) is 0 Å². The molecule has 7 heteroatoms. The monoisotopic (exact) mass is 428 g/mol. The summed E-state index contributed by atoms with van der Waals surface area (Å²) < 4.78 is 12.2. The lowest BCUT2D eigenvalue weighted by Crippen LogP contribution is -2.40. The van der Waals surface area contributed by atoms with Crippen molar-refractivity contribution in [1.29, 1.82) is 0 Å². The van der Waals surface area contributed by atoms with E-state index in [9.17, 15) is 14.4 Å². The zero-order valence-electron chi connectivity index (χ0n) is 18.9. The van der Waals surface area contributed by atoms with E-state index < -0.39 is 5.97 Å². The van der Waals surface area contributed by atoms with Crippen LogP contribution in [0.5, 0.6) is 0 Å². The lowest BCUT2D eigenvalue weighted by atomic mass is 9.88. The summed E-state index contributed by atoms with van der Waals surface area (Å²) in [6, 6.07) is 3.59. The third-order valence-corrected chi connectivity index (χ3v) is 6.27. The van der Waals surface area contributed by atoms with Gasteiger partial charge in [-0.2, -0.15) is 0 Å². The summed E-state index contributed by atoms with van der Waals surface area (Å²) in [7, 11) is 1.33.